The van der Waals surface area contributed by atoms with E-state index in [-0.39, 0.29) is 51.6 Å². The van der Waals surface area contributed by atoms with E-state index in [0.29, 0.717) is 29.0 Å². The number of hydrogen-bond acceptors (Lipinski definition) is 10. The zero-order chi connectivity index (χ0) is 37.2. The van der Waals surface area contributed by atoms with Gasteiger partial charge in [0.25, 0.3) is 0 Å². The second-order valence-corrected chi connectivity index (χ2v) is 19.7. The zero-order valence-corrected chi connectivity index (χ0v) is 32.8. The third-order valence-corrected chi connectivity index (χ3v) is 11.3. The summed E-state index contributed by atoms with van der Waals surface area (Å²) >= 11 is 1.25. The van der Waals surface area contributed by atoms with Crippen LogP contribution in [0.1, 0.15) is 99.8 Å². The van der Waals surface area contributed by atoms with Crippen LogP contribution < -0.4 is 10.6 Å². The van der Waals surface area contributed by atoms with E-state index in [1.54, 1.807) is 75.3 Å². The van der Waals surface area contributed by atoms with Crippen LogP contribution in [-0.4, -0.2) is 75.6 Å². The molecule has 2 heterocycles. The molecule has 2 rings (SSSR count). The fraction of sp³-hybridized carbons (Fsp3) is 0.636. The third kappa shape index (κ3) is 10.1. The molecule has 0 saturated heterocycles. The van der Waals surface area contributed by atoms with E-state index in [0.717, 1.165) is 12.5 Å². The average molecular weight is 729 g/mol. The molecule has 0 aliphatic carbocycles. The lowest BCUT2D eigenvalue weighted by atomic mass is 9.91. The van der Waals surface area contributed by atoms with Crippen LogP contribution >= 0.6 is 11.8 Å². The van der Waals surface area contributed by atoms with Gasteiger partial charge in [0.1, 0.15) is 22.2 Å². The van der Waals surface area contributed by atoms with Crippen LogP contribution in [0.25, 0.3) is 6.08 Å². The zero-order valence-electron chi connectivity index (χ0n) is 30.4. The first-order valence-electron chi connectivity index (χ1n) is 15.9. The number of H-pyrrole nitrogens is 1. The first-order chi connectivity index (χ1) is 21.7. The highest BCUT2D eigenvalue weighted by atomic mass is 32.2. The van der Waals surface area contributed by atoms with E-state index < -0.39 is 47.6 Å². The molecule has 0 spiro atoms. The Morgan fingerprint density at radius 1 is 0.938 bits per heavy atom. The van der Waals surface area contributed by atoms with E-state index in [2.05, 4.69) is 20.6 Å². The Labute approximate surface area is 290 Å². The van der Waals surface area contributed by atoms with Gasteiger partial charge < -0.3 is 20.4 Å². The fourth-order valence-electron chi connectivity index (χ4n) is 4.71. The number of sulfone groups is 2. The van der Waals surface area contributed by atoms with E-state index >= 15 is 0 Å². The molecule has 270 valence electrons. The molecular formula is C33H52N4O8S3. The highest BCUT2D eigenvalue weighted by Crippen LogP contribution is 2.39. The van der Waals surface area contributed by atoms with Crippen LogP contribution in [0, 0.1) is 16.7 Å². The average Bonchev–Trinajstić information content (AvgIpc) is 3.48. The molecule has 1 aromatic heterocycles. The van der Waals surface area contributed by atoms with Crippen molar-refractivity contribution in [1.82, 2.24) is 10.3 Å². The summed E-state index contributed by atoms with van der Waals surface area (Å²) in [6.45, 7) is 19.6. The highest BCUT2D eigenvalue weighted by Gasteiger charge is 2.36. The largest absolute Gasteiger partial charge is 0.464 e. The number of esters is 1. The molecule has 1 aliphatic heterocycles. The van der Waals surface area contributed by atoms with Crippen LogP contribution in [0.15, 0.2) is 26.1 Å². The van der Waals surface area contributed by atoms with Crippen molar-refractivity contribution in [2.75, 3.05) is 30.2 Å². The van der Waals surface area contributed by atoms with Crippen molar-refractivity contribution >= 4 is 66.9 Å². The quantitative estimate of drug-likeness (QED) is 0.176. The Bertz CT molecular complexity index is 1740. The molecule has 12 nitrogen and oxygen atoms in total. The Morgan fingerprint density at radius 2 is 1.52 bits per heavy atom. The molecule has 0 aromatic carbocycles. The van der Waals surface area contributed by atoms with Gasteiger partial charge in [-0.05, 0) is 45.1 Å². The molecule has 2 amide bonds. The van der Waals surface area contributed by atoms with Crippen molar-refractivity contribution in [3.8, 4) is 0 Å². The molecule has 1 unspecified atom stereocenters. The number of ether oxygens (including phenoxy) is 1. The maximum Gasteiger partial charge on any atom is 0.311 e. The minimum absolute atomic E-state index is 0.0247. The molecule has 3 N–H and O–H groups in total. The molecule has 0 bridgehead atoms. The van der Waals surface area contributed by atoms with Crippen LogP contribution in [0.2, 0.25) is 0 Å². The standard InChI is InChI=1S/C33H52N4O8S3/c1-14-33(10,11)31(40)45-15-16-46-20(6)29(38)36-27-25(47(12,41)42)23(18(2)3)21(34-27)17-22-24(19(4)5)26(48(13,43)44)28(35-22)37-30(39)32(7,8)9/h17-20,34H,14-16H2,1-13H3,(H,36,38)(H,35,37,39). The Morgan fingerprint density at radius 3 is 1.98 bits per heavy atom. The summed E-state index contributed by atoms with van der Waals surface area (Å²) in [5, 5.41) is 4.78. The molecule has 1 atom stereocenters. The number of nitrogens with zero attached hydrogens (tertiary/aromatic N) is 1. The maximum absolute atomic E-state index is 13.3. The van der Waals surface area contributed by atoms with Crippen molar-refractivity contribution < 1.29 is 36.0 Å². The van der Waals surface area contributed by atoms with Gasteiger partial charge in [-0.3, -0.25) is 14.4 Å². The predicted octanol–water partition coefficient (Wildman–Crippen LogP) is 5.45. The lowest BCUT2D eigenvalue weighted by Gasteiger charge is -2.20. The summed E-state index contributed by atoms with van der Waals surface area (Å²) < 4.78 is 57.8. The molecule has 0 fully saturated rings. The number of amides is 2. The molecule has 0 saturated carbocycles. The number of rotatable bonds is 13. The summed E-state index contributed by atoms with van der Waals surface area (Å²) in [6, 6.07) is 0. The van der Waals surface area contributed by atoms with Gasteiger partial charge in [0.05, 0.1) is 16.4 Å². The molecule has 1 aromatic rings. The monoisotopic (exact) mass is 728 g/mol. The van der Waals surface area contributed by atoms with Gasteiger partial charge >= 0.3 is 5.97 Å². The van der Waals surface area contributed by atoms with E-state index in [9.17, 15) is 31.2 Å². The third-order valence-electron chi connectivity index (χ3n) is 7.82. The van der Waals surface area contributed by atoms with Gasteiger partial charge in [-0.15, -0.1) is 11.8 Å². The van der Waals surface area contributed by atoms with E-state index in [1.807, 2.05) is 6.92 Å². The number of aliphatic imine (C=N–C) groups is 1. The van der Waals surface area contributed by atoms with Crippen LogP contribution in [0.5, 0.6) is 0 Å². The van der Waals surface area contributed by atoms with Gasteiger partial charge in [-0.2, -0.15) is 0 Å². The first kappa shape index (κ1) is 41.3. The minimum Gasteiger partial charge on any atom is -0.464 e. The van der Waals surface area contributed by atoms with Crippen molar-refractivity contribution in [1.29, 1.82) is 0 Å². The van der Waals surface area contributed by atoms with Gasteiger partial charge in [0, 0.05) is 40.5 Å². The molecular weight excluding hydrogens is 677 g/mol. The smallest absolute Gasteiger partial charge is 0.311 e. The molecule has 15 heteroatoms. The van der Waals surface area contributed by atoms with Crippen molar-refractivity contribution in [3.63, 3.8) is 0 Å². The first-order valence-corrected chi connectivity index (χ1v) is 20.7. The van der Waals surface area contributed by atoms with Gasteiger partial charge in [-0.1, -0.05) is 55.4 Å². The molecule has 48 heavy (non-hydrogen) atoms. The second-order valence-electron chi connectivity index (χ2n) is 14.3. The number of carbonyl (C=O) groups excluding carboxylic acids is 3. The number of thioether (sulfide) groups is 1. The van der Waals surface area contributed by atoms with Crippen LogP contribution in [-0.2, 0) is 38.8 Å². The summed E-state index contributed by atoms with van der Waals surface area (Å²) in [4.78, 5) is 45.8. The molecule has 1 aliphatic rings. The van der Waals surface area contributed by atoms with Crippen molar-refractivity contribution in [2.45, 2.75) is 98.6 Å². The number of allylic oxidation sites excluding steroid dienone is 1. The number of amidine groups is 1. The number of aromatic amines is 1. The Balaban J connectivity index is 2.60. The van der Waals surface area contributed by atoms with E-state index in [4.69, 9.17) is 4.74 Å². The molecule has 0 radical (unpaired) electrons. The lowest BCUT2D eigenvalue weighted by Crippen LogP contribution is -2.40. The highest BCUT2D eigenvalue weighted by molar-refractivity contribution is 8.00. The Kier molecular flexibility index (Phi) is 13.2. The fourth-order valence-corrected chi connectivity index (χ4v) is 7.86. The number of nitrogens with one attached hydrogen (secondary N) is 3. The van der Waals surface area contributed by atoms with Crippen LogP contribution in [0.3, 0.4) is 0 Å². The number of aromatic nitrogens is 1. The Hall–Kier alpha value is -2.91. The summed E-state index contributed by atoms with van der Waals surface area (Å²) in [6.07, 6.45) is 4.28. The summed E-state index contributed by atoms with van der Waals surface area (Å²) in [7, 11) is -7.75. The van der Waals surface area contributed by atoms with Crippen molar-refractivity contribution in [3.05, 3.63) is 27.4 Å². The van der Waals surface area contributed by atoms with Gasteiger partial charge in [-0.25, -0.2) is 21.8 Å². The lowest BCUT2D eigenvalue weighted by molar-refractivity contribution is -0.153. The van der Waals surface area contributed by atoms with Gasteiger partial charge in [0.2, 0.25) is 11.8 Å². The maximum atomic E-state index is 13.3. The van der Waals surface area contributed by atoms with Crippen LogP contribution in [0.4, 0.5) is 5.82 Å². The normalized spacial score (nSPS) is 16.1. The predicted molar refractivity (Wildman–Crippen MR) is 193 cm³/mol. The minimum atomic E-state index is -3.89. The second kappa shape index (κ2) is 15.3. The number of anilines is 1. The topological polar surface area (TPSA) is 181 Å². The number of hydrogen-bond donors (Lipinski definition) is 3. The SMILES string of the molecule is CCC(C)(C)C(=O)OCCSC(C)C(=O)Nc1[nH]c(C=C2N=C(NC(=O)C(C)(C)C)C(S(C)(=O)=O)=C2C(C)C)c(C(C)C)c1S(C)(=O)=O. The van der Waals surface area contributed by atoms with Crippen molar-refractivity contribution in [2.24, 2.45) is 21.7 Å². The number of carbonyl (C=O) groups is 3. The summed E-state index contributed by atoms with van der Waals surface area (Å²) in [5.41, 5.74) is -0.125. The summed E-state index contributed by atoms with van der Waals surface area (Å²) in [5.74, 6) is -1.65. The van der Waals surface area contributed by atoms with E-state index in [1.165, 1.54) is 11.8 Å². The van der Waals surface area contributed by atoms with Gasteiger partial charge in [0.15, 0.2) is 25.5 Å².